The molecule has 0 amide bonds. The van der Waals surface area contributed by atoms with Gasteiger partial charge in [0.15, 0.2) is 11.6 Å². The molecule has 0 unspecified atom stereocenters. The smallest absolute Gasteiger partial charge is 0.171 e. The van der Waals surface area contributed by atoms with Crippen molar-refractivity contribution in [1.29, 1.82) is 0 Å². The van der Waals surface area contributed by atoms with Crippen LogP contribution < -0.4 is 9.64 Å². The molecule has 0 spiro atoms. The summed E-state index contributed by atoms with van der Waals surface area (Å²) in [5.41, 5.74) is 1.22. The van der Waals surface area contributed by atoms with Crippen LogP contribution in [0.1, 0.15) is 25.3 Å². The van der Waals surface area contributed by atoms with Gasteiger partial charge in [0.2, 0.25) is 0 Å². The number of pyridine rings is 1. The minimum absolute atomic E-state index is 0.160. The summed E-state index contributed by atoms with van der Waals surface area (Å²) in [6, 6.07) is 10.8. The van der Waals surface area contributed by atoms with Crippen LogP contribution in [0.4, 0.5) is 10.2 Å². The number of benzene rings is 1. The molecule has 0 saturated carbocycles. The number of hydrogen-bond donors (Lipinski definition) is 0. The Morgan fingerprint density at radius 3 is 2.54 bits per heavy atom. The summed E-state index contributed by atoms with van der Waals surface area (Å²) in [5, 5.41) is 0. The van der Waals surface area contributed by atoms with E-state index in [2.05, 4.69) is 14.8 Å². The number of piperazine rings is 1. The topological polar surface area (TPSA) is 28.6 Å². The number of halogens is 1. The first kappa shape index (κ1) is 18.6. The van der Waals surface area contributed by atoms with E-state index in [1.165, 1.54) is 12.0 Å². The largest absolute Gasteiger partial charge is 0.490 e. The number of anilines is 1. The number of hydrogen-bond acceptors (Lipinski definition) is 4. The fourth-order valence-corrected chi connectivity index (χ4v) is 3.39. The summed E-state index contributed by atoms with van der Waals surface area (Å²) >= 11 is 0. The van der Waals surface area contributed by atoms with Gasteiger partial charge in [0.05, 0.1) is 6.61 Å². The fraction of sp³-hybridized carbons (Fsp3) is 0.476. The lowest BCUT2D eigenvalue weighted by Gasteiger charge is -2.35. The van der Waals surface area contributed by atoms with E-state index in [4.69, 9.17) is 4.74 Å². The lowest BCUT2D eigenvalue weighted by atomic mass is 10.1. The molecule has 0 N–H and O–H groups in total. The predicted molar refractivity (Wildman–Crippen MR) is 103 cm³/mol. The van der Waals surface area contributed by atoms with E-state index in [0.717, 1.165) is 57.1 Å². The van der Waals surface area contributed by atoms with Gasteiger partial charge in [0, 0.05) is 32.4 Å². The number of aromatic nitrogens is 1. The van der Waals surface area contributed by atoms with E-state index in [9.17, 15) is 4.39 Å². The summed E-state index contributed by atoms with van der Waals surface area (Å²) in [6.07, 6.45) is 5.16. The number of aryl methyl sites for hydroxylation is 1. The Bertz CT molecular complexity index is 669. The Balaban J connectivity index is 1.39. The molecule has 1 aliphatic rings. The summed E-state index contributed by atoms with van der Waals surface area (Å²) < 4.78 is 18.6. The second-order valence-electron chi connectivity index (χ2n) is 6.67. The Hall–Kier alpha value is -2.14. The summed E-state index contributed by atoms with van der Waals surface area (Å²) in [7, 11) is 0. The maximum Gasteiger partial charge on any atom is 0.171 e. The Kier molecular flexibility index (Phi) is 6.83. The zero-order valence-corrected chi connectivity index (χ0v) is 15.5. The molecule has 140 valence electrons. The molecule has 0 aliphatic carbocycles. The molecule has 2 aromatic rings. The normalized spacial score (nSPS) is 15.2. The average molecular weight is 357 g/mol. The van der Waals surface area contributed by atoms with Crippen molar-refractivity contribution in [2.24, 2.45) is 0 Å². The number of rotatable bonds is 8. The molecule has 1 saturated heterocycles. The molecule has 1 aliphatic heterocycles. The van der Waals surface area contributed by atoms with Crippen LogP contribution in [0.5, 0.6) is 5.75 Å². The third-order valence-electron chi connectivity index (χ3n) is 4.83. The summed E-state index contributed by atoms with van der Waals surface area (Å²) in [6.45, 7) is 7.85. The molecule has 1 aromatic heterocycles. The van der Waals surface area contributed by atoms with Gasteiger partial charge in [-0.2, -0.15) is 0 Å². The highest BCUT2D eigenvalue weighted by molar-refractivity contribution is 5.52. The molecule has 4 nitrogen and oxygen atoms in total. The third-order valence-corrected chi connectivity index (χ3v) is 4.83. The molecule has 5 heteroatoms. The van der Waals surface area contributed by atoms with Gasteiger partial charge in [-0.05, 0) is 62.6 Å². The van der Waals surface area contributed by atoms with Crippen LogP contribution in [-0.2, 0) is 6.42 Å². The van der Waals surface area contributed by atoms with Crippen LogP contribution >= 0.6 is 0 Å². The number of nitrogens with zero attached hydrogens (tertiary/aromatic N) is 3. The number of unbranched alkanes of at least 4 members (excludes halogenated alkanes) is 1. The van der Waals surface area contributed by atoms with Gasteiger partial charge in [-0.15, -0.1) is 0 Å². The third kappa shape index (κ3) is 5.18. The van der Waals surface area contributed by atoms with Crippen LogP contribution in [0.25, 0.3) is 0 Å². The Morgan fingerprint density at radius 2 is 1.81 bits per heavy atom. The zero-order valence-electron chi connectivity index (χ0n) is 15.5. The van der Waals surface area contributed by atoms with Crippen LogP contribution in [0.2, 0.25) is 0 Å². The fourth-order valence-electron chi connectivity index (χ4n) is 3.39. The van der Waals surface area contributed by atoms with E-state index in [0.29, 0.717) is 6.61 Å². The van der Waals surface area contributed by atoms with Gasteiger partial charge < -0.3 is 9.64 Å². The zero-order chi connectivity index (χ0) is 18.2. The predicted octanol–water partition coefficient (Wildman–Crippen LogP) is 3.76. The quantitative estimate of drug-likeness (QED) is 0.673. The molecule has 2 heterocycles. The maximum atomic E-state index is 12.9. The first-order valence-corrected chi connectivity index (χ1v) is 9.56. The first-order chi connectivity index (χ1) is 12.8. The van der Waals surface area contributed by atoms with Crippen molar-refractivity contribution in [2.75, 3.05) is 44.2 Å². The van der Waals surface area contributed by atoms with E-state index in [1.54, 1.807) is 12.1 Å². The molecule has 3 rings (SSSR count). The van der Waals surface area contributed by atoms with Gasteiger partial charge in [0.1, 0.15) is 5.82 Å². The molecule has 1 aromatic carbocycles. The molecular weight excluding hydrogens is 329 g/mol. The van der Waals surface area contributed by atoms with Gasteiger partial charge >= 0.3 is 0 Å². The Labute approximate surface area is 155 Å². The van der Waals surface area contributed by atoms with Crippen molar-refractivity contribution in [1.82, 2.24) is 9.88 Å². The summed E-state index contributed by atoms with van der Waals surface area (Å²) in [4.78, 5) is 9.35. The molecule has 0 atom stereocenters. The van der Waals surface area contributed by atoms with Crippen LogP contribution in [0, 0.1) is 5.82 Å². The van der Waals surface area contributed by atoms with Crippen LogP contribution in [0.3, 0.4) is 0 Å². The van der Waals surface area contributed by atoms with Gasteiger partial charge in [-0.25, -0.2) is 9.37 Å². The second kappa shape index (κ2) is 9.53. The van der Waals surface area contributed by atoms with E-state index >= 15 is 0 Å². The van der Waals surface area contributed by atoms with Crippen molar-refractivity contribution < 1.29 is 9.13 Å². The highest BCUT2D eigenvalue weighted by atomic mass is 19.1. The Morgan fingerprint density at radius 1 is 1.04 bits per heavy atom. The van der Waals surface area contributed by atoms with E-state index < -0.39 is 0 Å². The maximum absolute atomic E-state index is 12.9. The standard InChI is InChI=1S/C21H28FN3O/c1-2-26-20-7-5-12-23-21(20)25-16-14-24(15-17-25)13-4-3-6-18-8-10-19(22)11-9-18/h5,7-12H,2-4,6,13-17H2,1H3. The van der Waals surface area contributed by atoms with Crippen LogP contribution in [0.15, 0.2) is 42.6 Å². The second-order valence-corrected chi connectivity index (χ2v) is 6.67. The number of ether oxygens (including phenoxy) is 1. The summed E-state index contributed by atoms with van der Waals surface area (Å²) in [5.74, 6) is 1.68. The average Bonchev–Trinajstić information content (AvgIpc) is 2.68. The lowest BCUT2D eigenvalue weighted by molar-refractivity contribution is 0.251. The molecular formula is C21H28FN3O. The lowest BCUT2D eigenvalue weighted by Crippen LogP contribution is -2.47. The highest BCUT2D eigenvalue weighted by Gasteiger charge is 2.20. The van der Waals surface area contributed by atoms with Crippen molar-refractivity contribution in [3.63, 3.8) is 0 Å². The minimum Gasteiger partial charge on any atom is -0.490 e. The van der Waals surface area contributed by atoms with Crippen molar-refractivity contribution in [2.45, 2.75) is 26.2 Å². The monoisotopic (exact) mass is 357 g/mol. The van der Waals surface area contributed by atoms with Crippen molar-refractivity contribution in [3.8, 4) is 5.75 Å². The molecule has 1 fully saturated rings. The van der Waals surface area contributed by atoms with E-state index in [1.807, 2.05) is 37.4 Å². The van der Waals surface area contributed by atoms with Crippen LogP contribution in [-0.4, -0.2) is 49.2 Å². The molecule has 0 radical (unpaired) electrons. The first-order valence-electron chi connectivity index (χ1n) is 9.56. The minimum atomic E-state index is -0.160. The van der Waals surface area contributed by atoms with Crippen molar-refractivity contribution >= 4 is 5.82 Å². The van der Waals surface area contributed by atoms with Gasteiger partial charge in [0.25, 0.3) is 0 Å². The SMILES string of the molecule is CCOc1cccnc1N1CCN(CCCCc2ccc(F)cc2)CC1. The molecule has 0 bridgehead atoms. The van der Waals surface area contributed by atoms with Gasteiger partial charge in [-0.1, -0.05) is 12.1 Å². The van der Waals surface area contributed by atoms with Crippen molar-refractivity contribution in [3.05, 3.63) is 54.0 Å². The van der Waals surface area contributed by atoms with E-state index in [-0.39, 0.29) is 5.82 Å². The van der Waals surface area contributed by atoms with Gasteiger partial charge in [-0.3, -0.25) is 4.90 Å². The molecule has 26 heavy (non-hydrogen) atoms. The highest BCUT2D eigenvalue weighted by Crippen LogP contribution is 2.26.